The molecule has 0 saturated carbocycles. The molecular formula is C17H20N4O. The summed E-state index contributed by atoms with van der Waals surface area (Å²) in [6.45, 7) is 1.93. The van der Waals surface area contributed by atoms with Crippen LogP contribution in [0.5, 0.6) is 0 Å². The molecule has 0 aliphatic carbocycles. The molecular weight excluding hydrogens is 276 g/mol. The van der Waals surface area contributed by atoms with Gasteiger partial charge in [-0.1, -0.05) is 6.07 Å². The molecule has 2 atom stereocenters. The van der Waals surface area contributed by atoms with Gasteiger partial charge in [-0.15, -0.1) is 0 Å². The van der Waals surface area contributed by atoms with Crippen LogP contribution in [0.3, 0.4) is 0 Å². The summed E-state index contributed by atoms with van der Waals surface area (Å²) >= 11 is 0. The van der Waals surface area contributed by atoms with E-state index in [0.717, 1.165) is 43.6 Å². The van der Waals surface area contributed by atoms with E-state index in [1.165, 1.54) is 0 Å². The maximum absolute atomic E-state index is 13.0. The van der Waals surface area contributed by atoms with E-state index in [2.05, 4.69) is 15.3 Å². The zero-order valence-corrected chi connectivity index (χ0v) is 12.5. The third-order valence-corrected chi connectivity index (χ3v) is 4.75. The van der Waals surface area contributed by atoms with Gasteiger partial charge in [0.05, 0.1) is 5.69 Å². The van der Waals surface area contributed by atoms with Gasteiger partial charge in [-0.2, -0.15) is 5.10 Å². The molecule has 1 aromatic heterocycles. The predicted octanol–water partition coefficient (Wildman–Crippen LogP) is 1.84. The van der Waals surface area contributed by atoms with Gasteiger partial charge in [0.15, 0.2) is 0 Å². The van der Waals surface area contributed by atoms with Gasteiger partial charge < -0.3 is 10.2 Å². The third-order valence-electron chi connectivity index (χ3n) is 4.75. The molecule has 2 saturated heterocycles. The second-order valence-corrected chi connectivity index (χ2v) is 6.09. The highest BCUT2D eigenvalue weighted by atomic mass is 16.2. The zero-order chi connectivity index (χ0) is 14.9. The van der Waals surface area contributed by atoms with Gasteiger partial charge in [0.1, 0.15) is 0 Å². The van der Waals surface area contributed by atoms with Crippen LogP contribution >= 0.6 is 0 Å². The molecule has 5 nitrogen and oxygen atoms in total. The van der Waals surface area contributed by atoms with Crippen molar-refractivity contribution in [2.45, 2.75) is 31.3 Å². The van der Waals surface area contributed by atoms with E-state index in [1.807, 2.05) is 36.5 Å². The van der Waals surface area contributed by atoms with Gasteiger partial charge in [-0.05, 0) is 50.1 Å². The van der Waals surface area contributed by atoms with Crippen molar-refractivity contribution in [2.75, 3.05) is 13.1 Å². The minimum atomic E-state index is 0.158. The Morgan fingerprint density at radius 3 is 2.95 bits per heavy atom. The van der Waals surface area contributed by atoms with Crippen LogP contribution in [0.1, 0.15) is 29.6 Å². The fourth-order valence-corrected chi connectivity index (χ4v) is 3.67. The molecule has 4 rings (SSSR count). The topological polar surface area (TPSA) is 50.2 Å². The molecule has 2 fully saturated rings. The van der Waals surface area contributed by atoms with E-state index < -0.39 is 0 Å². The van der Waals surface area contributed by atoms with Crippen LogP contribution < -0.4 is 5.32 Å². The number of nitrogens with zero attached hydrogens (tertiary/aromatic N) is 3. The number of hydrogen-bond acceptors (Lipinski definition) is 3. The van der Waals surface area contributed by atoms with Crippen molar-refractivity contribution < 1.29 is 4.79 Å². The maximum atomic E-state index is 13.0. The van der Waals surface area contributed by atoms with Crippen molar-refractivity contribution in [2.24, 2.45) is 0 Å². The van der Waals surface area contributed by atoms with Crippen molar-refractivity contribution in [1.82, 2.24) is 20.0 Å². The van der Waals surface area contributed by atoms with E-state index >= 15 is 0 Å². The van der Waals surface area contributed by atoms with Gasteiger partial charge in [0.25, 0.3) is 5.91 Å². The van der Waals surface area contributed by atoms with E-state index in [9.17, 15) is 4.79 Å². The lowest BCUT2D eigenvalue weighted by atomic mass is 10.1. The van der Waals surface area contributed by atoms with Crippen molar-refractivity contribution in [3.8, 4) is 5.69 Å². The molecule has 0 radical (unpaired) electrons. The lowest BCUT2D eigenvalue weighted by Crippen LogP contribution is -2.42. The summed E-state index contributed by atoms with van der Waals surface area (Å²) in [7, 11) is 0. The monoisotopic (exact) mass is 296 g/mol. The van der Waals surface area contributed by atoms with Crippen molar-refractivity contribution in [1.29, 1.82) is 0 Å². The smallest absolute Gasteiger partial charge is 0.254 e. The molecule has 22 heavy (non-hydrogen) atoms. The SMILES string of the molecule is O=C(c1cccc(-n2cccn2)c1)N1[C@H]2CCNC[C@@H]1CC2. The predicted molar refractivity (Wildman–Crippen MR) is 84.0 cm³/mol. The average Bonchev–Trinajstić information content (AvgIpc) is 3.14. The lowest BCUT2D eigenvalue weighted by Gasteiger charge is -2.28. The Morgan fingerprint density at radius 2 is 2.09 bits per heavy atom. The average molecular weight is 296 g/mol. The Hall–Kier alpha value is -2.14. The molecule has 2 aromatic rings. The Balaban J connectivity index is 1.64. The second kappa shape index (κ2) is 5.57. The fraction of sp³-hybridized carbons (Fsp3) is 0.412. The number of hydrogen-bond donors (Lipinski definition) is 1. The highest BCUT2D eigenvalue weighted by molar-refractivity contribution is 5.95. The van der Waals surface area contributed by atoms with Crippen LogP contribution in [0.15, 0.2) is 42.7 Å². The van der Waals surface area contributed by atoms with Gasteiger partial charge in [-0.3, -0.25) is 4.79 Å². The Morgan fingerprint density at radius 1 is 1.18 bits per heavy atom. The quantitative estimate of drug-likeness (QED) is 0.920. The fourth-order valence-electron chi connectivity index (χ4n) is 3.67. The Kier molecular flexibility index (Phi) is 3.42. The number of rotatable bonds is 2. The molecule has 0 spiro atoms. The minimum absolute atomic E-state index is 0.158. The minimum Gasteiger partial charge on any atom is -0.331 e. The Bertz CT molecular complexity index is 653. The number of carbonyl (C=O) groups excluding carboxylic acids is 1. The maximum Gasteiger partial charge on any atom is 0.254 e. The van der Waals surface area contributed by atoms with Crippen LogP contribution in [-0.4, -0.2) is 45.8 Å². The highest BCUT2D eigenvalue weighted by Crippen LogP contribution is 2.29. The molecule has 0 unspecified atom stereocenters. The first kappa shape index (κ1) is 13.5. The summed E-state index contributed by atoms with van der Waals surface area (Å²) in [5, 5.41) is 7.68. The van der Waals surface area contributed by atoms with Crippen LogP contribution in [-0.2, 0) is 0 Å². The van der Waals surface area contributed by atoms with Gasteiger partial charge in [0.2, 0.25) is 0 Å². The van der Waals surface area contributed by atoms with Gasteiger partial charge in [0, 0.05) is 36.6 Å². The molecule has 114 valence electrons. The molecule has 2 aliphatic heterocycles. The van der Waals surface area contributed by atoms with Crippen molar-refractivity contribution in [3.05, 3.63) is 48.3 Å². The number of nitrogens with one attached hydrogen (secondary N) is 1. The zero-order valence-electron chi connectivity index (χ0n) is 12.5. The second-order valence-electron chi connectivity index (χ2n) is 6.09. The summed E-state index contributed by atoms with van der Waals surface area (Å²) in [4.78, 5) is 15.1. The van der Waals surface area contributed by atoms with Crippen LogP contribution in [0.4, 0.5) is 0 Å². The summed E-state index contributed by atoms with van der Waals surface area (Å²) in [6, 6.07) is 10.4. The van der Waals surface area contributed by atoms with Crippen LogP contribution in [0.2, 0.25) is 0 Å². The third kappa shape index (κ3) is 2.31. The number of benzene rings is 1. The first-order valence-corrected chi connectivity index (χ1v) is 7.96. The largest absolute Gasteiger partial charge is 0.331 e. The molecule has 2 bridgehead atoms. The molecule has 1 aromatic carbocycles. The lowest BCUT2D eigenvalue weighted by molar-refractivity contribution is 0.0680. The van der Waals surface area contributed by atoms with E-state index in [-0.39, 0.29) is 5.91 Å². The molecule has 3 heterocycles. The molecule has 5 heteroatoms. The normalized spacial score (nSPS) is 24.3. The number of amides is 1. The van der Waals surface area contributed by atoms with Gasteiger partial charge >= 0.3 is 0 Å². The molecule has 1 amide bonds. The number of carbonyl (C=O) groups is 1. The number of fused-ring (bicyclic) bond motifs is 2. The number of aromatic nitrogens is 2. The standard InChI is InChI=1S/C17H20N4O/c22-17(21-14-5-6-16(21)12-18-9-7-14)13-3-1-4-15(11-13)20-10-2-8-19-20/h1-4,8,10-11,14,16,18H,5-7,9,12H2/t14-,16+/m1/s1. The van der Waals surface area contributed by atoms with E-state index in [0.29, 0.717) is 12.1 Å². The summed E-state index contributed by atoms with van der Waals surface area (Å²) in [6.07, 6.45) is 6.94. The molecule has 2 aliphatic rings. The summed E-state index contributed by atoms with van der Waals surface area (Å²) < 4.78 is 1.79. The summed E-state index contributed by atoms with van der Waals surface area (Å²) in [5.74, 6) is 0.158. The van der Waals surface area contributed by atoms with Crippen LogP contribution in [0, 0.1) is 0 Å². The Labute approximate surface area is 129 Å². The first-order valence-electron chi connectivity index (χ1n) is 7.96. The van der Waals surface area contributed by atoms with Crippen molar-refractivity contribution in [3.63, 3.8) is 0 Å². The van der Waals surface area contributed by atoms with Crippen molar-refractivity contribution >= 4 is 5.91 Å². The molecule has 1 N–H and O–H groups in total. The van der Waals surface area contributed by atoms with E-state index in [1.54, 1.807) is 10.9 Å². The summed E-state index contributed by atoms with van der Waals surface area (Å²) in [5.41, 5.74) is 1.68. The van der Waals surface area contributed by atoms with E-state index in [4.69, 9.17) is 0 Å². The van der Waals surface area contributed by atoms with Gasteiger partial charge in [-0.25, -0.2) is 4.68 Å². The van der Waals surface area contributed by atoms with Crippen LogP contribution in [0.25, 0.3) is 5.69 Å². The first-order chi connectivity index (χ1) is 10.8. The highest BCUT2D eigenvalue weighted by Gasteiger charge is 2.38.